The van der Waals surface area contributed by atoms with Crippen LogP contribution in [0.5, 0.6) is 11.5 Å². The molecule has 0 saturated carbocycles. The number of nitrogens with zero attached hydrogens (tertiary/aromatic N) is 4. The molecule has 286 valence electrons. The van der Waals surface area contributed by atoms with Gasteiger partial charge in [0.05, 0.1) is 23.0 Å². The number of halogens is 6. The molecule has 2 N–H and O–H groups in total. The number of thiophene rings is 1. The minimum Gasteiger partial charge on any atom is -0.508 e. The maximum absolute atomic E-state index is 13.6. The lowest BCUT2D eigenvalue weighted by molar-refractivity contribution is -0.143. The number of para-hydroxylation sites is 1. The molecule has 15 heteroatoms. The largest absolute Gasteiger partial charge is 0.508 e. The molecule has 52 heavy (non-hydrogen) atoms. The quantitative estimate of drug-likeness (QED) is 0.211. The number of rotatable bonds is 9. The van der Waals surface area contributed by atoms with Crippen molar-refractivity contribution >= 4 is 23.2 Å². The number of likely N-dealkylation sites (tertiary alicyclic amines) is 1. The van der Waals surface area contributed by atoms with E-state index in [1.54, 1.807) is 25.1 Å². The second kappa shape index (κ2) is 19.5. The van der Waals surface area contributed by atoms with Gasteiger partial charge in [0.15, 0.2) is 0 Å². The Hall–Kier alpha value is -4.32. The van der Waals surface area contributed by atoms with Crippen LogP contribution in [0.3, 0.4) is 0 Å². The van der Waals surface area contributed by atoms with Crippen molar-refractivity contribution in [1.82, 2.24) is 14.8 Å². The molecule has 3 heterocycles. The predicted octanol–water partition coefficient (Wildman–Crippen LogP) is 9.11. The highest BCUT2D eigenvalue weighted by atomic mass is 32.1. The van der Waals surface area contributed by atoms with Gasteiger partial charge in [-0.2, -0.15) is 31.6 Å². The van der Waals surface area contributed by atoms with Crippen molar-refractivity contribution in [3.05, 3.63) is 75.7 Å². The molecule has 8 nitrogen and oxygen atoms in total. The first-order chi connectivity index (χ1) is 24.4. The maximum Gasteiger partial charge on any atom is 0.425 e. The van der Waals surface area contributed by atoms with Gasteiger partial charge in [0.1, 0.15) is 16.4 Å². The molecule has 4 rings (SSSR count). The Balaban J connectivity index is 0.000000359. The van der Waals surface area contributed by atoms with Crippen LogP contribution < -0.4 is 0 Å². The summed E-state index contributed by atoms with van der Waals surface area (Å²) < 4.78 is 71.2. The van der Waals surface area contributed by atoms with Crippen LogP contribution in [-0.4, -0.2) is 62.5 Å². The zero-order chi connectivity index (χ0) is 39.3. The zero-order valence-electron chi connectivity index (χ0n) is 29.9. The standard InChI is InChI=1S/C25H37N3O3.C7H6F3N.C5H3F3OS/c1-5-10-20(22(11-6-2)28(7-3)19(4)29)24(31)27-16-14-25(18-26,15-17-27)21-12-8-9-13-23(21)30;1-5-4-11-3-2-6(5)7(8,9)10;6-5(7,8)4-1-3(9)2-10-4/h8-9,12-13,20,22,30H,5-7,10-11,14-17H2,1-4H3;2-4H,1H3;1-2,9H. The van der Waals surface area contributed by atoms with E-state index in [1.807, 2.05) is 22.8 Å². The summed E-state index contributed by atoms with van der Waals surface area (Å²) >= 11 is 0.481. The molecule has 3 aromatic rings. The highest BCUT2D eigenvalue weighted by Gasteiger charge is 2.42. The first kappa shape index (κ1) is 43.8. The number of carbonyl (C=O) groups excluding carboxylic acids is 2. The smallest absolute Gasteiger partial charge is 0.425 e. The number of pyridine rings is 1. The van der Waals surface area contributed by atoms with Crippen molar-refractivity contribution in [3.63, 3.8) is 0 Å². The van der Waals surface area contributed by atoms with Crippen molar-refractivity contribution < 1.29 is 46.1 Å². The van der Waals surface area contributed by atoms with E-state index in [2.05, 4.69) is 24.9 Å². The van der Waals surface area contributed by atoms with E-state index in [-0.39, 0.29) is 40.8 Å². The molecule has 0 spiro atoms. The molecule has 1 aliphatic rings. The van der Waals surface area contributed by atoms with Gasteiger partial charge < -0.3 is 20.0 Å². The highest BCUT2D eigenvalue weighted by Crippen LogP contribution is 2.40. The number of aryl methyl sites for hydroxylation is 1. The van der Waals surface area contributed by atoms with Gasteiger partial charge in [-0.05, 0) is 57.2 Å². The molecule has 1 aliphatic heterocycles. The van der Waals surface area contributed by atoms with Crippen molar-refractivity contribution in [3.8, 4) is 17.6 Å². The summed E-state index contributed by atoms with van der Waals surface area (Å²) in [5.41, 5.74) is -0.597. The fourth-order valence-electron chi connectivity index (χ4n) is 6.28. The summed E-state index contributed by atoms with van der Waals surface area (Å²) in [6.07, 6.45) is -1.93. The third-order valence-electron chi connectivity index (χ3n) is 8.86. The van der Waals surface area contributed by atoms with E-state index < -0.39 is 28.2 Å². The molecule has 2 amide bonds. The lowest BCUT2D eigenvalue weighted by Gasteiger charge is -2.42. The van der Waals surface area contributed by atoms with Gasteiger partial charge in [-0.1, -0.05) is 44.9 Å². The van der Waals surface area contributed by atoms with Gasteiger partial charge in [0.2, 0.25) is 11.8 Å². The Labute approximate surface area is 304 Å². The monoisotopic (exact) mass is 756 g/mol. The van der Waals surface area contributed by atoms with Gasteiger partial charge in [-0.15, -0.1) is 11.3 Å². The topological polar surface area (TPSA) is 118 Å². The Bertz CT molecular complexity index is 1630. The van der Waals surface area contributed by atoms with Crippen LogP contribution in [0.15, 0.2) is 54.2 Å². The summed E-state index contributed by atoms with van der Waals surface area (Å²) in [4.78, 5) is 32.4. The van der Waals surface area contributed by atoms with Crippen LogP contribution >= 0.6 is 11.3 Å². The van der Waals surface area contributed by atoms with Crippen molar-refractivity contribution in [2.24, 2.45) is 5.92 Å². The minimum absolute atomic E-state index is 0.0107. The number of hydrogen-bond donors (Lipinski definition) is 2. The lowest BCUT2D eigenvalue weighted by atomic mass is 9.73. The number of aromatic nitrogens is 1. The minimum atomic E-state index is -4.33. The average Bonchev–Trinajstić information content (AvgIpc) is 3.54. The molecule has 1 aromatic carbocycles. The Morgan fingerprint density at radius 1 is 1.02 bits per heavy atom. The van der Waals surface area contributed by atoms with Crippen LogP contribution in [0, 0.1) is 24.2 Å². The van der Waals surface area contributed by atoms with Gasteiger partial charge >= 0.3 is 12.4 Å². The van der Waals surface area contributed by atoms with E-state index >= 15 is 0 Å². The Kier molecular flexibility index (Phi) is 16.4. The zero-order valence-corrected chi connectivity index (χ0v) is 30.7. The fourth-order valence-corrected chi connectivity index (χ4v) is 6.92. The summed E-state index contributed by atoms with van der Waals surface area (Å²) in [5, 5.41) is 29.8. The number of piperidine rings is 1. The van der Waals surface area contributed by atoms with E-state index in [1.165, 1.54) is 13.1 Å². The van der Waals surface area contributed by atoms with Gasteiger partial charge in [-0.3, -0.25) is 14.6 Å². The number of phenols is 1. The highest BCUT2D eigenvalue weighted by molar-refractivity contribution is 7.10. The third-order valence-corrected chi connectivity index (χ3v) is 9.83. The maximum atomic E-state index is 13.6. The average molecular weight is 757 g/mol. The van der Waals surface area contributed by atoms with Crippen LogP contribution in [0.4, 0.5) is 26.3 Å². The molecule has 1 fully saturated rings. The second-order valence-electron chi connectivity index (χ2n) is 12.4. The molecule has 2 aromatic heterocycles. The van der Waals surface area contributed by atoms with Crippen LogP contribution in [0.1, 0.15) is 87.8 Å². The molecule has 0 radical (unpaired) electrons. The van der Waals surface area contributed by atoms with Crippen molar-refractivity contribution in [1.29, 1.82) is 5.26 Å². The first-order valence-corrected chi connectivity index (χ1v) is 17.8. The predicted molar refractivity (Wildman–Crippen MR) is 186 cm³/mol. The summed E-state index contributed by atoms with van der Waals surface area (Å²) in [6.45, 7) is 10.6. The van der Waals surface area contributed by atoms with E-state index in [0.717, 1.165) is 43.3 Å². The van der Waals surface area contributed by atoms with Crippen molar-refractivity contribution in [2.75, 3.05) is 19.6 Å². The molecular formula is C37H46F6N4O4S. The second-order valence-corrected chi connectivity index (χ2v) is 13.4. The SMILES string of the molecule is CCCC(C(=O)N1CCC(C#N)(c2ccccc2O)CC1)C(CCC)N(CC)C(C)=O.Cc1cnccc1C(F)(F)F.Oc1csc(C(F)(F)F)c1. The van der Waals surface area contributed by atoms with E-state index in [9.17, 15) is 46.3 Å². The number of nitriles is 1. The fraction of sp³-hybridized carbons (Fsp3) is 0.514. The van der Waals surface area contributed by atoms with E-state index in [4.69, 9.17) is 5.11 Å². The number of amides is 2. The Morgan fingerprint density at radius 2 is 1.63 bits per heavy atom. The summed E-state index contributed by atoms with van der Waals surface area (Å²) in [6, 6.07) is 11.0. The molecule has 1 saturated heterocycles. The first-order valence-electron chi connectivity index (χ1n) is 16.9. The molecular weight excluding hydrogens is 710 g/mol. The summed E-state index contributed by atoms with van der Waals surface area (Å²) in [7, 11) is 0. The van der Waals surface area contributed by atoms with Crippen LogP contribution in [0.2, 0.25) is 0 Å². The van der Waals surface area contributed by atoms with Crippen molar-refractivity contribution in [2.45, 2.75) is 97.0 Å². The normalized spacial score (nSPS) is 15.2. The number of carbonyl (C=O) groups is 2. The van der Waals surface area contributed by atoms with Crippen LogP contribution in [0.25, 0.3) is 0 Å². The molecule has 0 bridgehead atoms. The van der Waals surface area contributed by atoms with Crippen LogP contribution in [-0.2, 0) is 27.4 Å². The Morgan fingerprint density at radius 3 is 2.04 bits per heavy atom. The van der Waals surface area contributed by atoms with Gasteiger partial charge in [-0.25, -0.2) is 0 Å². The lowest BCUT2D eigenvalue weighted by Crippen LogP contribution is -2.52. The molecule has 2 atom stereocenters. The molecule has 2 unspecified atom stereocenters. The van der Waals surface area contributed by atoms with Gasteiger partial charge in [0.25, 0.3) is 0 Å². The molecule has 0 aliphatic carbocycles. The summed E-state index contributed by atoms with van der Waals surface area (Å²) in [5.74, 6) is -0.332. The number of alkyl halides is 6. The number of benzene rings is 1. The number of phenolic OH excluding ortho intramolecular Hbond substituents is 1. The van der Waals surface area contributed by atoms with E-state index in [0.29, 0.717) is 55.4 Å². The van der Waals surface area contributed by atoms with Gasteiger partial charge in [0, 0.05) is 62.0 Å². The third kappa shape index (κ3) is 11.9. The number of aromatic hydroxyl groups is 2. The number of hydrogen-bond acceptors (Lipinski definition) is 7.